The van der Waals surface area contributed by atoms with Crippen molar-refractivity contribution in [1.82, 2.24) is 4.90 Å². The molecule has 0 radical (unpaired) electrons. The summed E-state index contributed by atoms with van der Waals surface area (Å²) >= 11 is 0. The molecule has 0 amide bonds. The molecule has 0 heterocycles. The minimum atomic E-state index is -0.153. The Morgan fingerprint density at radius 1 is 0.960 bits per heavy atom. The predicted octanol–water partition coefficient (Wildman–Crippen LogP) is 3.71. The van der Waals surface area contributed by atoms with Gasteiger partial charge in [-0.3, -0.25) is 4.90 Å². The summed E-state index contributed by atoms with van der Waals surface area (Å²) in [6, 6.07) is 16.1. The number of hydrogen-bond donors (Lipinski definition) is 2. The SMILES string of the molecule is COc1ccc(CN(Cc2cccc(O)c2)C2CCC(O)CC2)cc1. The van der Waals surface area contributed by atoms with E-state index in [4.69, 9.17) is 4.74 Å². The van der Waals surface area contributed by atoms with Crippen LogP contribution in [0, 0.1) is 0 Å². The van der Waals surface area contributed by atoms with Gasteiger partial charge in [-0.1, -0.05) is 24.3 Å². The molecule has 0 saturated heterocycles. The molecule has 0 aromatic heterocycles. The maximum Gasteiger partial charge on any atom is 0.118 e. The van der Waals surface area contributed by atoms with Gasteiger partial charge in [0.15, 0.2) is 0 Å². The molecular formula is C21H27NO3. The zero-order valence-electron chi connectivity index (χ0n) is 14.8. The van der Waals surface area contributed by atoms with E-state index < -0.39 is 0 Å². The monoisotopic (exact) mass is 341 g/mol. The van der Waals surface area contributed by atoms with Crippen molar-refractivity contribution >= 4 is 0 Å². The number of phenolic OH excluding ortho intramolecular Hbond substituents is 1. The number of ether oxygens (including phenoxy) is 1. The van der Waals surface area contributed by atoms with Crippen LogP contribution in [0.5, 0.6) is 11.5 Å². The fourth-order valence-electron chi connectivity index (χ4n) is 3.59. The van der Waals surface area contributed by atoms with Crippen molar-refractivity contribution in [1.29, 1.82) is 0 Å². The van der Waals surface area contributed by atoms with Crippen LogP contribution in [0.1, 0.15) is 36.8 Å². The molecule has 0 atom stereocenters. The highest BCUT2D eigenvalue weighted by Gasteiger charge is 2.25. The molecule has 1 saturated carbocycles. The highest BCUT2D eigenvalue weighted by Crippen LogP contribution is 2.27. The molecule has 4 nitrogen and oxygen atoms in total. The maximum absolute atomic E-state index is 9.82. The van der Waals surface area contributed by atoms with Gasteiger partial charge in [0.1, 0.15) is 11.5 Å². The lowest BCUT2D eigenvalue weighted by atomic mass is 9.91. The van der Waals surface area contributed by atoms with Crippen molar-refractivity contribution < 1.29 is 14.9 Å². The van der Waals surface area contributed by atoms with Gasteiger partial charge in [0.25, 0.3) is 0 Å². The number of methoxy groups -OCH3 is 1. The number of benzene rings is 2. The minimum Gasteiger partial charge on any atom is -0.508 e. The second-order valence-electron chi connectivity index (χ2n) is 6.89. The fourth-order valence-corrected chi connectivity index (χ4v) is 3.59. The smallest absolute Gasteiger partial charge is 0.118 e. The maximum atomic E-state index is 9.82. The van der Waals surface area contributed by atoms with Crippen LogP contribution in [-0.4, -0.2) is 34.4 Å². The van der Waals surface area contributed by atoms with E-state index in [0.29, 0.717) is 11.8 Å². The summed E-state index contributed by atoms with van der Waals surface area (Å²) in [5.41, 5.74) is 2.35. The molecule has 1 aliphatic rings. The van der Waals surface area contributed by atoms with E-state index in [1.807, 2.05) is 24.3 Å². The van der Waals surface area contributed by atoms with Gasteiger partial charge in [0, 0.05) is 19.1 Å². The Kier molecular flexibility index (Phi) is 5.95. The minimum absolute atomic E-state index is 0.153. The number of rotatable bonds is 6. The summed E-state index contributed by atoms with van der Waals surface area (Å²) in [4.78, 5) is 2.46. The Balaban J connectivity index is 1.75. The van der Waals surface area contributed by atoms with Crippen LogP contribution < -0.4 is 4.74 Å². The molecule has 3 rings (SSSR count). The normalized spacial score (nSPS) is 20.6. The van der Waals surface area contributed by atoms with Crippen molar-refractivity contribution in [3.05, 3.63) is 59.7 Å². The molecule has 0 spiro atoms. The first-order valence-corrected chi connectivity index (χ1v) is 8.97. The molecule has 0 unspecified atom stereocenters. The Hall–Kier alpha value is -2.04. The average Bonchev–Trinajstić information content (AvgIpc) is 2.62. The molecule has 1 fully saturated rings. The summed E-state index contributed by atoms with van der Waals surface area (Å²) in [5.74, 6) is 1.17. The standard InChI is InChI=1S/C21H27NO3/c1-25-21-11-5-16(6-12-21)14-22(18-7-9-19(23)10-8-18)15-17-3-2-4-20(24)13-17/h2-6,11-13,18-19,23-24H,7-10,14-15H2,1H3. The van der Waals surface area contributed by atoms with Crippen molar-refractivity contribution in [3.63, 3.8) is 0 Å². The number of aromatic hydroxyl groups is 1. The first-order valence-electron chi connectivity index (χ1n) is 8.97. The second kappa shape index (κ2) is 8.37. The molecule has 2 aromatic carbocycles. The molecule has 0 bridgehead atoms. The van der Waals surface area contributed by atoms with Crippen molar-refractivity contribution in [2.24, 2.45) is 0 Å². The Morgan fingerprint density at radius 2 is 1.64 bits per heavy atom. The van der Waals surface area contributed by atoms with E-state index in [1.54, 1.807) is 13.2 Å². The van der Waals surface area contributed by atoms with Crippen LogP contribution in [0.2, 0.25) is 0 Å². The van der Waals surface area contributed by atoms with E-state index in [1.165, 1.54) is 5.56 Å². The summed E-state index contributed by atoms with van der Waals surface area (Å²) in [5, 5.41) is 19.6. The fraction of sp³-hybridized carbons (Fsp3) is 0.429. The van der Waals surface area contributed by atoms with Gasteiger partial charge in [-0.05, 0) is 61.1 Å². The first-order chi connectivity index (χ1) is 12.1. The summed E-state index contributed by atoms with van der Waals surface area (Å²) < 4.78 is 5.24. The van der Waals surface area contributed by atoms with Crippen LogP contribution in [0.4, 0.5) is 0 Å². The van der Waals surface area contributed by atoms with Gasteiger partial charge in [-0.2, -0.15) is 0 Å². The summed E-state index contributed by atoms with van der Waals surface area (Å²) in [7, 11) is 1.68. The van der Waals surface area contributed by atoms with Gasteiger partial charge in [-0.25, -0.2) is 0 Å². The van der Waals surface area contributed by atoms with Crippen LogP contribution in [-0.2, 0) is 13.1 Å². The number of hydrogen-bond acceptors (Lipinski definition) is 4. The largest absolute Gasteiger partial charge is 0.508 e. The van der Waals surface area contributed by atoms with Gasteiger partial charge in [0.05, 0.1) is 13.2 Å². The molecule has 2 aromatic rings. The van der Waals surface area contributed by atoms with Crippen LogP contribution in [0.15, 0.2) is 48.5 Å². The van der Waals surface area contributed by atoms with Crippen LogP contribution in [0.25, 0.3) is 0 Å². The number of aliphatic hydroxyl groups is 1. The van der Waals surface area contributed by atoms with Crippen LogP contribution in [0.3, 0.4) is 0 Å². The molecule has 2 N–H and O–H groups in total. The molecule has 134 valence electrons. The number of nitrogens with zero attached hydrogens (tertiary/aromatic N) is 1. The van der Waals surface area contributed by atoms with E-state index in [-0.39, 0.29) is 6.10 Å². The third kappa shape index (κ3) is 4.97. The zero-order valence-corrected chi connectivity index (χ0v) is 14.8. The van der Waals surface area contributed by atoms with Crippen molar-refractivity contribution in [2.45, 2.75) is 50.9 Å². The summed E-state index contributed by atoms with van der Waals surface area (Å²) in [6.07, 6.45) is 3.60. The third-order valence-electron chi connectivity index (χ3n) is 5.02. The van der Waals surface area contributed by atoms with Gasteiger partial charge in [0.2, 0.25) is 0 Å². The lowest BCUT2D eigenvalue weighted by Crippen LogP contribution is -2.38. The van der Waals surface area contributed by atoms with Gasteiger partial charge >= 0.3 is 0 Å². The van der Waals surface area contributed by atoms with E-state index in [2.05, 4.69) is 23.1 Å². The number of phenols is 1. The first kappa shape index (κ1) is 17.8. The quantitative estimate of drug-likeness (QED) is 0.841. The molecular weight excluding hydrogens is 314 g/mol. The van der Waals surface area contributed by atoms with E-state index >= 15 is 0 Å². The molecule has 4 heteroatoms. The Bertz CT molecular complexity index is 663. The Morgan fingerprint density at radius 3 is 2.28 bits per heavy atom. The molecule has 25 heavy (non-hydrogen) atoms. The van der Waals surface area contributed by atoms with E-state index in [9.17, 15) is 10.2 Å². The lowest BCUT2D eigenvalue weighted by molar-refractivity contribution is 0.0665. The van der Waals surface area contributed by atoms with Gasteiger partial charge in [-0.15, -0.1) is 0 Å². The number of aliphatic hydroxyl groups excluding tert-OH is 1. The topological polar surface area (TPSA) is 52.9 Å². The Labute approximate surface area is 149 Å². The van der Waals surface area contributed by atoms with Gasteiger partial charge < -0.3 is 14.9 Å². The third-order valence-corrected chi connectivity index (χ3v) is 5.02. The highest BCUT2D eigenvalue weighted by molar-refractivity contribution is 5.29. The zero-order chi connectivity index (χ0) is 17.6. The summed E-state index contributed by atoms with van der Waals surface area (Å²) in [6.45, 7) is 1.64. The highest BCUT2D eigenvalue weighted by atomic mass is 16.5. The van der Waals surface area contributed by atoms with Crippen LogP contribution >= 0.6 is 0 Å². The lowest BCUT2D eigenvalue weighted by Gasteiger charge is -2.36. The second-order valence-corrected chi connectivity index (χ2v) is 6.89. The molecule has 0 aliphatic heterocycles. The van der Waals surface area contributed by atoms with Crippen molar-refractivity contribution in [3.8, 4) is 11.5 Å². The average molecular weight is 341 g/mol. The molecule has 1 aliphatic carbocycles. The van der Waals surface area contributed by atoms with Crippen molar-refractivity contribution in [2.75, 3.05) is 7.11 Å². The van der Waals surface area contributed by atoms with E-state index in [0.717, 1.165) is 50.1 Å². The predicted molar refractivity (Wildman–Crippen MR) is 98.6 cm³/mol.